The van der Waals surface area contributed by atoms with Gasteiger partial charge in [0.05, 0.1) is 44.0 Å². The highest BCUT2D eigenvalue weighted by Gasteiger charge is 2.66. The van der Waals surface area contributed by atoms with Gasteiger partial charge >= 0.3 is 6.36 Å². The van der Waals surface area contributed by atoms with Crippen LogP contribution in [0.2, 0.25) is 0 Å². The summed E-state index contributed by atoms with van der Waals surface area (Å²) in [6.07, 6.45) is -2.10. The molecule has 1 spiro atoms. The number of halogens is 3. The third kappa shape index (κ3) is 4.66. The van der Waals surface area contributed by atoms with Crippen molar-refractivity contribution in [3.05, 3.63) is 59.7 Å². The van der Waals surface area contributed by atoms with Crippen LogP contribution in [0.15, 0.2) is 48.5 Å². The minimum atomic E-state index is -4.79. The second-order valence-corrected chi connectivity index (χ2v) is 11.0. The Morgan fingerprint density at radius 3 is 2.59 bits per heavy atom. The van der Waals surface area contributed by atoms with Crippen LogP contribution >= 0.6 is 0 Å². The average molecular weight is 547 g/mol. The van der Waals surface area contributed by atoms with E-state index in [-0.39, 0.29) is 29.5 Å². The fraction of sp³-hybridized carbons (Fsp3) is 0.552. The minimum Gasteiger partial charge on any atom is -0.496 e. The molecule has 4 aliphatic rings. The molecule has 5 atom stereocenters. The van der Waals surface area contributed by atoms with Crippen molar-refractivity contribution in [2.75, 3.05) is 40.0 Å². The Balaban J connectivity index is 1.34. The molecular formula is C29H33F3N2O5. The smallest absolute Gasteiger partial charge is 0.496 e. The Labute approximate surface area is 225 Å². The van der Waals surface area contributed by atoms with E-state index in [0.717, 1.165) is 18.4 Å². The number of fused-ring (bicyclic) bond motifs is 3. The third-order valence-corrected chi connectivity index (χ3v) is 9.00. The zero-order valence-corrected chi connectivity index (χ0v) is 21.8. The van der Waals surface area contributed by atoms with E-state index >= 15 is 0 Å². The van der Waals surface area contributed by atoms with E-state index in [2.05, 4.69) is 22.2 Å². The largest absolute Gasteiger partial charge is 0.573 e. The van der Waals surface area contributed by atoms with E-state index in [4.69, 9.17) is 14.2 Å². The maximum Gasteiger partial charge on any atom is 0.573 e. The van der Waals surface area contributed by atoms with Gasteiger partial charge in [0.2, 0.25) is 5.91 Å². The lowest BCUT2D eigenvalue weighted by molar-refractivity contribution is -0.274. The van der Waals surface area contributed by atoms with Gasteiger partial charge in [-0.2, -0.15) is 0 Å². The molecule has 4 aliphatic heterocycles. The lowest BCUT2D eigenvalue weighted by atomic mass is 9.67. The number of nitrogens with zero attached hydrogens (tertiary/aromatic N) is 1. The van der Waals surface area contributed by atoms with Crippen LogP contribution in [0.3, 0.4) is 0 Å². The van der Waals surface area contributed by atoms with Crippen LogP contribution in [-0.4, -0.2) is 68.8 Å². The van der Waals surface area contributed by atoms with Gasteiger partial charge in [0.1, 0.15) is 11.5 Å². The lowest BCUT2D eigenvalue weighted by Gasteiger charge is -2.50. The average Bonchev–Trinajstić information content (AvgIpc) is 3.52. The number of carbonyl (C=O) groups excluding carboxylic acids is 1. The second-order valence-electron chi connectivity index (χ2n) is 11.0. The molecule has 1 unspecified atom stereocenters. The molecule has 210 valence electrons. The first-order valence-electron chi connectivity index (χ1n) is 13.5. The number of amides is 1. The first-order valence-corrected chi connectivity index (χ1v) is 13.5. The van der Waals surface area contributed by atoms with Crippen molar-refractivity contribution >= 4 is 5.91 Å². The summed E-state index contributed by atoms with van der Waals surface area (Å²) in [7, 11) is 1.51. The molecule has 2 aromatic carbocycles. The molecule has 0 aromatic heterocycles. The first-order chi connectivity index (χ1) is 18.7. The second kappa shape index (κ2) is 9.98. The normalized spacial score (nSPS) is 32.4. The molecule has 1 N–H and O–H groups in total. The minimum absolute atomic E-state index is 0.0203. The number of rotatable bonds is 5. The number of morpholine rings is 1. The number of carbonyl (C=O) groups is 1. The number of nitrogens with one attached hydrogen (secondary N) is 1. The molecular weight excluding hydrogens is 513 g/mol. The van der Waals surface area contributed by atoms with Gasteiger partial charge < -0.3 is 29.2 Å². The third-order valence-electron chi connectivity index (χ3n) is 9.00. The number of hydrogen-bond acceptors (Lipinski definition) is 6. The molecule has 0 aliphatic carbocycles. The van der Waals surface area contributed by atoms with Crippen LogP contribution < -0.4 is 14.8 Å². The Hall–Kier alpha value is -2.82. The number of benzene rings is 2. The number of piperidine rings is 1. The molecule has 1 amide bonds. The van der Waals surface area contributed by atoms with Gasteiger partial charge in [0.25, 0.3) is 0 Å². The van der Waals surface area contributed by atoms with Crippen molar-refractivity contribution in [2.24, 2.45) is 5.92 Å². The maximum absolute atomic E-state index is 13.7. The topological polar surface area (TPSA) is 69.3 Å². The van der Waals surface area contributed by atoms with E-state index < -0.39 is 17.5 Å². The standard InChI is InChI=1S/C29H33F3N2O5/c1-36-25-8-7-21(39-29(30,31)32)15-22(25)19-16-27(38-18-19)10-9-24-23(26(35)34-11-13-37-14-12-34)17-28(27,33-24)20-5-3-2-4-6-20/h2-8,15,19,23-24,33H,9-14,16-18H2,1H3/t19-,23?,24+,27-,28-/m1/s1. The predicted octanol–water partition coefficient (Wildman–Crippen LogP) is 4.36. The van der Waals surface area contributed by atoms with Gasteiger partial charge in [-0.05, 0) is 49.4 Å². The van der Waals surface area contributed by atoms with Crippen molar-refractivity contribution in [3.8, 4) is 11.5 Å². The Morgan fingerprint density at radius 2 is 1.87 bits per heavy atom. The zero-order valence-electron chi connectivity index (χ0n) is 21.8. The molecule has 0 radical (unpaired) electrons. The molecule has 2 bridgehead atoms. The molecule has 7 nitrogen and oxygen atoms in total. The fourth-order valence-electron chi connectivity index (χ4n) is 7.28. The van der Waals surface area contributed by atoms with E-state index in [9.17, 15) is 18.0 Å². The van der Waals surface area contributed by atoms with Crippen LogP contribution in [-0.2, 0) is 19.8 Å². The summed E-state index contributed by atoms with van der Waals surface area (Å²) in [5.74, 6) is -0.0276. The molecule has 4 heterocycles. The van der Waals surface area contributed by atoms with E-state index in [0.29, 0.717) is 57.1 Å². The molecule has 10 heteroatoms. The summed E-state index contributed by atoms with van der Waals surface area (Å²) in [6.45, 7) is 2.62. The number of ether oxygens (including phenoxy) is 4. The van der Waals surface area contributed by atoms with Crippen molar-refractivity contribution in [2.45, 2.75) is 55.1 Å². The molecule has 4 fully saturated rings. The summed E-state index contributed by atoms with van der Waals surface area (Å²) in [5, 5.41) is 3.86. The van der Waals surface area contributed by atoms with Crippen LogP contribution in [0.4, 0.5) is 13.2 Å². The SMILES string of the molecule is COc1ccc(OC(F)(F)F)cc1[C@H]1CO[C@]2(CC[C@@H]3N[C@@]2(c2ccccc2)CC3C(=O)N2CCOCC2)C1. The van der Waals surface area contributed by atoms with Crippen LogP contribution in [0, 0.1) is 5.92 Å². The molecule has 2 aromatic rings. The number of alkyl halides is 3. The Kier molecular flexibility index (Phi) is 6.76. The first kappa shape index (κ1) is 26.4. The quantitative estimate of drug-likeness (QED) is 0.601. The highest BCUT2D eigenvalue weighted by Crippen LogP contribution is 2.59. The number of methoxy groups -OCH3 is 1. The van der Waals surface area contributed by atoms with Gasteiger partial charge in [0.15, 0.2) is 0 Å². The molecule has 6 rings (SSSR count). The van der Waals surface area contributed by atoms with Gasteiger partial charge in [-0.15, -0.1) is 13.2 Å². The zero-order chi connectivity index (χ0) is 27.3. The maximum atomic E-state index is 13.7. The van der Waals surface area contributed by atoms with Crippen LogP contribution in [0.1, 0.15) is 42.7 Å². The fourth-order valence-corrected chi connectivity index (χ4v) is 7.28. The van der Waals surface area contributed by atoms with E-state index in [1.54, 1.807) is 0 Å². The van der Waals surface area contributed by atoms with E-state index in [1.165, 1.54) is 25.3 Å². The van der Waals surface area contributed by atoms with E-state index in [1.807, 2.05) is 23.1 Å². The summed E-state index contributed by atoms with van der Waals surface area (Å²) in [5.41, 5.74) is 0.446. The summed E-state index contributed by atoms with van der Waals surface area (Å²) in [4.78, 5) is 15.6. The molecule has 39 heavy (non-hydrogen) atoms. The highest BCUT2D eigenvalue weighted by atomic mass is 19.4. The highest BCUT2D eigenvalue weighted by molar-refractivity contribution is 5.80. The molecule has 4 saturated heterocycles. The van der Waals surface area contributed by atoms with Gasteiger partial charge in [-0.25, -0.2) is 0 Å². The molecule has 0 saturated carbocycles. The summed E-state index contributed by atoms with van der Waals surface area (Å²) < 4.78 is 60.8. The lowest BCUT2D eigenvalue weighted by Crippen LogP contribution is -2.62. The summed E-state index contributed by atoms with van der Waals surface area (Å²) >= 11 is 0. The predicted molar refractivity (Wildman–Crippen MR) is 136 cm³/mol. The monoisotopic (exact) mass is 546 g/mol. The van der Waals surface area contributed by atoms with Crippen molar-refractivity contribution in [3.63, 3.8) is 0 Å². The van der Waals surface area contributed by atoms with Crippen molar-refractivity contribution in [1.82, 2.24) is 10.2 Å². The van der Waals surface area contributed by atoms with Gasteiger partial charge in [-0.3, -0.25) is 4.79 Å². The van der Waals surface area contributed by atoms with Gasteiger partial charge in [0, 0.05) is 30.6 Å². The Bertz CT molecular complexity index is 1210. The van der Waals surface area contributed by atoms with Crippen LogP contribution in [0.25, 0.3) is 0 Å². The Morgan fingerprint density at radius 1 is 1.10 bits per heavy atom. The summed E-state index contributed by atoms with van der Waals surface area (Å²) in [6, 6.07) is 14.3. The van der Waals surface area contributed by atoms with Gasteiger partial charge in [-0.1, -0.05) is 30.3 Å². The van der Waals surface area contributed by atoms with Crippen LogP contribution in [0.5, 0.6) is 11.5 Å². The van der Waals surface area contributed by atoms with Crippen molar-refractivity contribution in [1.29, 1.82) is 0 Å². The number of hydrogen-bond donors (Lipinski definition) is 1. The van der Waals surface area contributed by atoms with Crippen molar-refractivity contribution < 1.29 is 36.9 Å².